The smallest absolute Gasteiger partial charge is 0.326 e. The summed E-state index contributed by atoms with van der Waals surface area (Å²) in [6.07, 6.45) is 2.48. The van der Waals surface area contributed by atoms with Crippen LogP contribution < -0.4 is 10.6 Å². The molecule has 1 aromatic carbocycles. The van der Waals surface area contributed by atoms with Gasteiger partial charge in [-0.15, -0.1) is 0 Å². The highest BCUT2D eigenvalue weighted by molar-refractivity contribution is 7.98. The maximum atomic E-state index is 11.0. The summed E-state index contributed by atoms with van der Waals surface area (Å²) in [5.74, 6) is -0.112. The van der Waals surface area contributed by atoms with Crippen LogP contribution in [-0.2, 0) is 4.79 Å². The fourth-order valence-electron chi connectivity index (χ4n) is 1.34. The van der Waals surface area contributed by atoms with E-state index < -0.39 is 12.0 Å². The minimum Gasteiger partial charge on any atom is -0.480 e. The number of thiocarbonyl (C=S) groups is 1. The number of para-hydroxylation sites is 1. The van der Waals surface area contributed by atoms with Gasteiger partial charge >= 0.3 is 5.97 Å². The Bertz CT molecular complexity index is 398. The molecule has 1 atom stereocenters. The summed E-state index contributed by atoms with van der Waals surface area (Å²) in [7, 11) is 0. The van der Waals surface area contributed by atoms with Crippen molar-refractivity contribution >= 4 is 40.7 Å². The van der Waals surface area contributed by atoms with Crippen LogP contribution in [0.1, 0.15) is 6.42 Å². The van der Waals surface area contributed by atoms with Crippen molar-refractivity contribution in [2.45, 2.75) is 12.5 Å². The van der Waals surface area contributed by atoms with Crippen molar-refractivity contribution in [1.29, 1.82) is 0 Å². The third-order valence-electron chi connectivity index (χ3n) is 2.25. The number of carboxylic acids is 1. The van der Waals surface area contributed by atoms with Gasteiger partial charge < -0.3 is 15.7 Å². The van der Waals surface area contributed by atoms with Gasteiger partial charge in [-0.25, -0.2) is 4.79 Å². The Balaban J connectivity index is 2.48. The Morgan fingerprint density at radius 2 is 2.11 bits per heavy atom. The lowest BCUT2D eigenvalue weighted by molar-refractivity contribution is -0.139. The number of nitrogens with one attached hydrogen (secondary N) is 2. The lowest BCUT2D eigenvalue weighted by atomic mass is 10.2. The first-order valence-electron chi connectivity index (χ1n) is 5.48. The summed E-state index contributed by atoms with van der Waals surface area (Å²) in [4.78, 5) is 11.0. The Morgan fingerprint density at radius 1 is 1.44 bits per heavy atom. The Labute approximate surface area is 116 Å². The second kappa shape index (κ2) is 7.94. The maximum Gasteiger partial charge on any atom is 0.326 e. The molecule has 1 aromatic rings. The largest absolute Gasteiger partial charge is 0.480 e. The van der Waals surface area contributed by atoms with Gasteiger partial charge in [-0.05, 0) is 42.8 Å². The molecule has 98 valence electrons. The van der Waals surface area contributed by atoms with Crippen molar-refractivity contribution in [3.05, 3.63) is 30.3 Å². The lowest BCUT2D eigenvalue weighted by Crippen LogP contribution is -2.43. The first kappa shape index (κ1) is 14.8. The van der Waals surface area contributed by atoms with Gasteiger partial charge in [0.05, 0.1) is 0 Å². The SMILES string of the molecule is CSCC[C@H](NC(=S)Nc1ccccc1)C(=O)O. The summed E-state index contributed by atoms with van der Waals surface area (Å²) < 4.78 is 0. The summed E-state index contributed by atoms with van der Waals surface area (Å²) in [6, 6.07) is 8.75. The third-order valence-corrected chi connectivity index (χ3v) is 3.11. The van der Waals surface area contributed by atoms with Gasteiger partial charge in [0.1, 0.15) is 6.04 Å². The van der Waals surface area contributed by atoms with E-state index in [1.807, 2.05) is 36.6 Å². The molecule has 0 saturated heterocycles. The van der Waals surface area contributed by atoms with Gasteiger partial charge in [0.15, 0.2) is 5.11 Å². The molecule has 0 aromatic heterocycles. The second-order valence-corrected chi connectivity index (χ2v) is 5.03. The number of benzene rings is 1. The van der Waals surface area contributed by atoms with E-state index in [1.165, 1.54) is 0 Å². The number of anilines is 1. The molecule has 0 heterocycles. The molecule has 3 N–H and O–H groups in total. The number of hydrogen-bond acceptors (Lipinski definition) is 3. The number of rotatable bonds is 6. The van der Waals surface area contributed by atoms with Gasteiger partial charge in [-0.2, -0.15) is 11.8 Å². The van der Waals surface area contributed by atoms with E-state index in [0.717, 1.165) is 11.4 Å². The average molecular weight is 284 g/mol. The number of carbonyl (C=O) groups is 1. The highest BCUT2D eigenvalue weighted by Gasteiger charge is 2.17. The molecule has 6 heteroatoms. The molecule has 0 aliphatic heterocycles. The fraction of sp³-hybridized carbons (Fsp3) is 0.333. The van der Waals surface area contributed by atoms with Crippen molar-refractivity contribution in [2.75, 3.05) is 17.3 Å². The molecule has 0 unspecified atom stereocenters. The van der Waals surface area contributed by atoms with Gasteiger partial charge in [0.2, 0.25) is 0 Å². The van der Waals surface area contributed by atoms with Gasteiger partial charge in [-0.3, -0.25) is 0 Å². The van der Waals surface area contributed by atoms with E-state index in [1.54, 1.807) is 11.8 Å². The highest BCUT2D eigenvalue weighted by atomic mass is 32.2. The van der Waals surface area contributed by atoms with Crippen LogP contribution in [-0.4, -0.2) is 34.2 Å². The van der Waals surface area contributed by atoms with Crippen molar-refractivity contribution in [3.8, 4) is 0 Å². The molecule has 0 bridgehead atoms. The normalized spacial score (nSPS) is 11.6. The molecule has 4 nitrogen and oxygen atoms in total. The summed E-state index contributed by atoms with van der Waals surface area (Å²) in [6.45, 7) is 0. The molecule has 0 spiro atoms. The third kappa shape index (κ3) is 5.37. The van der Waals surface area contributed by atoms with E-state index in [-0.39, 0.29) is 0 Å². The van der Waals surface area contributed by atoms with E-state index >= 15 is 0 Å². The van der Waals surface area contributed by atoms with Gasteiger partial charge in [0, 0.05) is 5.69 Å². The molecule has 0 aliphatic rings. The van der Waals surface area contributed by atoms with Crippen molar-refractivity contribution in [1.82, 2.24) is 5.32 Å². The molecule has 1 rings (SSSR count). The molecule has 0 amide bonds. The standard InChI is InChI=1S/C12H16N2O2S2/c1-18-8-7-10(11(15)16)14-12(17)13-9-5-3-2-4-6-9/h2-6,10H,7-8H2,1H3,(H,15,16)(H2,13,14,17)/t10-/m0/s1. The zero-order valence-electron chi connectivity index (χ0n) is 10.1. The quantitative estimate of drug-likeness (QED) is 0.696. The number of aliphatic carboxylic acids is 1. The van der Waals surface area contributed by atoms with E-state index in [2.05, 4.69) is 10.6 Å². The highest BCUT2D eigenvalue weighted by Crippen LogP contribution is 2.06. The van der Waals surface area contributed by atoms with Crippen molar-refractivity contribution in [3.63, 3.8) is 0 Å². The second-order valence-electron chi connectivity index (χ2n) is 3.64. The maximum absolute atomic E-state index is 11.0. The summed E-state index contributed by atoms with van der Waals surface area (Å²) >= 11 is 6.70. The minimum absolute atomic E-state index is 0.328. The lowest BCUT2D eigenvalue weighted by Gasteiger charge is -2.16. The fourth-order valence-corrected chi connectivity index (χ4v) is 2.07. The van der Waals surface area contributed by atoms with E-state index in [9.17, 15) is 4.79 Å². The van der Waals surface area contributed by atoms with Gasteiger partial charge in [0.25, 0.3) is 0 Å². The number of hydrogen-bond donors (Lipinski definition) is 3. The molecule has 0 saturated carbocycles. The predicted octanol–water partition coefficient (Wildman–Crippen LogP) is 2.18. The van der Waals surface area contributed by atoms with Crippen LogP contribution in [0.5, 0.6) is 0 Å². The van der Waals surface area contributed by atoms with Crippen LogP contribution in [0.25, 0.3) is 0 Å². The van der Waals surface area contributed by atoms with Crippen LogP contribution in [0.15, 0.2) is 30.3 Å². The Morgan fingerprint density at radius 3 is 2.67 bits per heavy atom. The molecular weight excluding hydrogens is 268 g/mol. The van der Waals surface area contributed by atoms with Crippen LogP contribution in [0.2, 0.25) is 0 Å². The van der Waals surface area contributed by atoms with Crippen molar-refractivity contribution in [2.24, 2.45) is 0 Å². The first-order chi connectivity index (χ1) is 8.63. The van der Waals surface area contributed by atoms with Gasteiger partial charge in [-0.1, -0.05) is 18.2 Å². The Hall–Kier alpha value is -1.27. The molecule has 0 radical (unpaired) electrons. The molecule has 0 fully saturated rings. The van der Waals surface area contributed by atoms with Crippen LogP contribution in [0.4, 0.5) is 5.69 Å². The zero-order valence-corrected chi connectivity index (χ0v) is 11.7. The zero-order chi connectivity index (χ0) is 13.4. The summed E-state index contributed by atoms with van der Waals surface area (Å²) in [5.41, 5.74) is 0.837. The number of thioether (sulfide) groups is 1. The molecule has 18 heavy (non-hydrogen) atoms. The number of carboxylic acid groups (broad SMARTS) is 1. The average Bonchev–Trinajstić information content (AvgIpc) is 2.35. The van der Waals surface area contributed by atoms with Crippen molar-refractivity contribution < 1.29 is 9.90 Å². The minimum atomic E-state index is -0.888. The monoisotopic (exact) mass is 284 g/mol. The van der Waals surface area contributed by atoms with Crippen LogP contribution in [0.3, 0.4) is 0 Å². The first-order valence-corrected chi connectivity index (χ1v) is 7.28. The molecular formula is C12H16N2O2S2. The predicted molar refractivity (Wildman–Crippen MR) is 80.2 cm³/mol. The van der Waals surface area contributed by atoms with Crippen LogP contribution in [0, 0.1) is 0 Å². The van der Waals surface area contributed by atoms with E-state index in [4.69, 9.17) is 17.3 Å². The summed E-state index contributed by atoms with van der Waals surface area (Å²) in [5, 5.41) is 15.1. The van der Waals surface area contributed by atoms with E-state index in [0.29, 0.717) is 11.5 Å². The topological polar surface area (TPSA) is 61.4 Å². The van der Waals surface area contributed by atoms with Crippen LogP contribution >= 0.6 is 24.0 Å². The molecule has 0 aliphatic carbocycles. The Kier molecular flexibility index (Phi) is 6.53.